The van der Waals surface area contributed by atoms with Crippen LogP contribution in [0.3, 0.4) is 0 Å². The predicted octanol–water partition coefficient (Wildman–Crippen LogP) is 12.3. The van der Waals surface area contributed by atoms with Gasteiger partial charge in [0.15, 0.2) is 5.82 Å². The summed E-state index contributed by atoms with van der Waals surface area (Å²) in [5.41, 5.74) is 9.19. The van der Waals surface area contributed by atoms with Gasteiger partial charge in [-0.15, -0.1) is 0 Å². The van der Waals surface area contributed by atoms with E-state index in [0.717, 1.165) is 56.9 Å². The van der Waals surface area contributed by atoms with Crippen LogP contribution in [0.1, 0.15) is 58.7 Å². The second-order valence-corrected chi connectivity index (χ2v) is 16.8. The number of likely N-dealkylation sites (tertiary alicyclic amines) is 1. The molecule has 3 bridgehead atoms. The summed E-state index contributed by atoms with van der Waals surface area (Å²) in [5, 5.41) is 4.82. The molecule has 3 aliphatic rings. The maximum Gasteiger partial charge on any atom is 0.159 e. The second kappa shape index (κ2) is 14.1. The van der Waals surface area contributed by atoms with E-state index in [4.69, 9.17) is 14.7 Å². The molecule has 6 nitrogen and oxygen atoms in total. The molecule has 4 heterocycles. The van der Waals surface area contributed by atoms with Gasteiger partial charge in [0.05, 0.1) is 28.2 Å². The molecule has 5 aromatic carbocycles. The van der Waals surface area contributed by atoms with Crippen molar-refractivity contribution in [1.82, 2.24) is 24.0 Å². The number of para-hydroxylation sites is 3. The van der Waals surface area contributed by atoms with Crippen molar-refractivity contribution in [1.29, 1.82) is 0 Å². The number of hydrogen-bond donors (Lipinski definition) is 0. The van der Waals surface area contributed by atoms with Crippen LogP contribution in [-0.4, -0.2) is 48.8 Å². The Kier molecular flexibility index (Phi) is 8.58. The standard InChI is InChI=1S/C52H49N5O/c1-4-58-34(3)27-40(55-39-24-22-36-28-41(55)30-38(36)29-39)26-33(2)52-53-50(56-46-19-11-8-16-42(46)43-17-9-12-20-47(43)56)32-51(54-52)57-48-21-13-10-18-44(48)45-31-37(23-25-49(45)57)35-14-6-5-7-15-35/h5-21,23,25-27,31-32,34,36,38-39,41H,4,22,24,28-30H2,1-3H3/b33-26+,40-27+. The minimum absolute atomic E-state index is 0.000765. The molecule has 3 aromatic heterocycles. The van der Waals surface area contributed by atoms with Crippen LogP contribution in [0.5, 0.6) is 0 Å². The minimum Gasteiger partial charge on any atom is -0.375 e. The van der Waals surface area contributed by atoms with Gasteiger partial charge in [-0.25, -0.2) is 9.97 Å². The lowest BCUT2D eigenvalue weighted by atomic mass is 9.78. The van der Waals surface area contributed by atoms with Gasteiger partial charge in [-0.1, -0.05) is 91.0 Å². The molecular formula is C52H49N5O. The molecule has 0 radical (unpaired) electrons. The molecule has 0 N–H and O–H groups in total. The SMILES string of the molecule is CCOC(C)/C=C(\C=C(/C)c1nc(-n2c3ccccc3c3ccccc32)cc(-n2c3ccccc3c3cc(-c4ccccc4)ccc32)n1)N1C2CCC3CC1CC3C2. The first-order valence-corrected chi connectivity index (χ1v) is 21.3. The van der Waals surface area contributed by atoms with Crippen LogP contribution < -0.4 is 0 Å². The van der Waals surface area contributed by atoms with Gasteiger partial charge in [0.25, 0.3) is 0 Å². The summed E-state index contributed by atoms with van der Waals surface area (Å²) in [5.74, 6) is 4.18. The Morgan fingerprint density at radius 3 is 1.86 bits per heavy atom. The maximum absolute atomic E-state index is 6.18. The third kappa shape index (κ3) is 5.79. The van der Waals surface area contributed by atoms with Crippen molar-refractivity contribution >= 4 is 49.2 Å². The summed E-state index contributed by atoms with van der Waals surface area (Å²) in [7, 11) is 0. The van der Waals surface area contributed by atoms with Crippen LogP contribution in [-0.2, 0) is 4.74 Å². The monoisotopic (exact) mass is 759 g/mol. The van der Waals surface area contributed by atoms with Crippen LogP contribution in [0.4, 0.5) is 0 Å². The van der Waals surface area contributed by atoms with E-state index >= 15 is 0 Å². The van der Waals surface area contributed by atoms with E-state index in [1.165, 1.54) is 70.5 Å². The molecule has 0 spiro atoms. The van der Waals surface area contributed by atoms with Gasteiger partial charge in [-0.05, 0) is 124 Å². The molecule has 0 amide bonds. The summed E-state index contributed by atoms with van der Waals surface area (Å²) >= 11 is 0. The molecule has 6 heteroatoms. The van der Waals surface area contributed by atoms with E-state index in [9.17, 15) is 0 Å². The van der Waals surface area contributed by atoms with E-state index in [1.54, 1.807) is 0 Å². The largest absolute Gasteiger partial charge is 0.375 e. The van der Waals surface area contributed by atoms with Crippen molar-refractivity contribution in [2.45, 2.75) is 71.1 Å². The van der Waals surface area contributed by atoms with E-state index in [0.29, 0.717) is 18.7 Å². The van der Waals surface area contributed by atoms with Gasteiger partial charge in [0, 0.05) is 52.0 Å². The third-order valence-corrected chi connectivity index (χ3v) is 13.4. The summed E-state index contributed by atoms with van der Waals surface area (Å²) in [6, 6.07) is 46.9. The zero-order valence-corrected chi connectivity index (χ0v) is 33.6. The summed E-state index contributed by atoms with van der Waals surface area (Å²) in [6.07, 6.45) is 11.3. The summed E-state index contributed by atoms with van der Waals surface area (Å²) in [4.78, 5) is 13.8. The number of aromatic nitrogens is 4. The molecule has 5 atom stereocenters. The molecule has 2 saturated carbocycles. The van der Waals surface area contributed by atoms with Gasteiger partial charge < -0.3 is 9.64 Å². The first-order valence-electron chi connectivity index (χ1n) is 21.3. The number of allylic oxidation sites excluding steroid dienone is 2. The van der Waals surface area contributed by atoms with Gasteiger partial charge in [-0.3, -0.25) is 9.13 Å². The Hall–Kier alpha value is -5.98. The van der Waals surface area contributed by atoms with Crippen LogP contribution in [0.25, 0.3) is 71.9 Å². The van der Waals surface area contributed by atoms with Crippen molar-refractivity contribution in [2.24, 2.45) is 11.8 Å². The van der Waals surface area contributed by atoms with Crippen LogP contribution >= 0.6 is 0 Å². The second-order valence-electron chi connectivity index (χ2n) is 16.8. The molecule has 3 fully saturated rings. The quantitative estimate of drug-likeness (QED) is 0.138. The normalized spacial score (nSPS) is 21.3. The van der Waals surface area contributed by atoms with Gasteiger partial charge in [-0.2, -0.15) is 0 Å². The van der Waals surface area contributed by atoms with E-state index in [-0.39, 0.29) is 6.10 Å². The van der Waals surface area contributed by atoms with Crippen molar-refractivity contribution < 1.29 is 4.74 Å². The highest BCUT2D eigenvalue weighted by Gasteiger charge is 2.48. The van der Waals surface area contributed by atoms with Crippen molar-refractivity contribution in [3.63, 3.8) is 0 Å². The number of fused-ring (bicyclic) bond motifs is 8. The first-order chi connectivity index (χ1) is 28.5. The molecule has 5 unspecified atom stereocenters. The average Bonchev–Trinajstić information content (AvgIpc) is 3.86. The lowest BCUT2D eigenvalue weighted by Gasteiger charge is -2.45. The third-order valence-electron chi connectivity index (χ3n) is 13.4. The number of nitrogens with zero attached hydrogens (tertiary/aromatic N) is 5. The Balaban J connectivity index is 1.14. The smallest absolute Gasteiger partial charge is 0.159 e. The van der Waals surface area contributed by atoms with Gasteiger partial charge in [0.2, 0.25) is 0 Å². The molecule has 2 aliphatic carbocycles. The first kappa shape index (κ1) is 35.2. The van der Waals surface area contributed by atoms with Gasteiger partial charge >= 0.3 is 0 Å². The van der Waals surface area contributed by atoms with Crippen LogP contribution in [0, 0.1) is 11.8 Å². The Bertz CT molecular complexity index is 2860. The molecule has 11 rings (SSSR count). The Morgan fingerprint density at radius 2 is 1.21 bits per heavy atom. The number of hydrogen-bond acceptors (Lipinski definition) is 4. The fraction of sp³-hybridized carbons (Fsp3) is 0.269. The maximum atomic E-state index is 6.18. The molecule has 8 aromatic rings. The van der Waals surface area contributed by atoms with E-state index < -0.39 is 0 Å². The minimum atomic E-state index is -0.000765. The van der Waals surface area contributed by atoms with Gasteiger partial charge in [0.1, 0.15) is 11.6 Å². The van der Waals surface area contributed by atoms with Crippen molar-refractivity contribution in [2.75, 3.05) is 6.61 Å². The zero-order valence-electron chi connectivity index (χ0n) is 33.6. The van der Waals surface area contributed by atoms with E-state index in [1.807, 2.05) is 0 Å². The lowest BCUT2D eigenvalue weighted by molar-refractivity contribution is 0.0881. The predicted molar refractivity (Wildman–Crippen MR) is 238 cm³/mol. The molecule has 58 heavy (non-hydrogen) atoms. The number of rotatable bonds is 9. The van der Waals surface area contributed by atoms with Crippen molar-refractivity contribution in [3.8, 4) is 22.8 Å². The lowest BCUT2D eigenvalue weighted by Crippen LogP contribution is -2.46. The highest BCUT2D eigenvalue weighted by atomic mass is 16.5. The highest BCUT2D eigenvalue weighted by molar-refractivity contribution is 6.11. The highest BCUT2D eigenvalue weighted by Crippen LogP contribution is 2.52. The summed E-state index contributed by atoms with van der Waals surface area (Å²) in [6.45, 7) is 7.14. The molecule has 1 saturated heterocycles. The number of ether oxygens (including phenoxy) is 1. The summed E-state index contributed by atoms with van der Waals surface area (Å²) < 4.78 is 10.8. The fourth-order valence-corrected chi connectivity index (χ4v) is 11.0. The van der Waals surface area contributed by atoms with E-state index in [2.05, 4.69) is 174 Å². The topological polar surface area (TPSA) is 48.1 Å². The van der Waals surface area contributed by atoms with Crippen molar-refractivity contribution in [3.05, 3.63) is 151 Å². The molecule has 288 valence electrons. The zero-order chi connectivity index (χ0) is 38.9. The fourth-order valence-electron chi connectivity index (χ4n) is 11.0. The van der Waals surface area contributed by atoms with Crippen LogP contribution in [0.2, 0.25) is 0 Å². The Labute approximate surface area is 340 Å². The Morgan fingerprint density at radius 1 is 0.638 bits per heavy atom. The number of benzene rings is 5. The molecule has 1 aliphatic heterocycles. The number of piperidine rings is 1. The average molecular weight is 760 g/mol. The molecular weight excluding hydrogens is 711 g/mol. The van der Waals surface area contributed by atoms with Crippen LogP contribution in [0.15, 0.2) is 145 Å².